The maximum Gasteiger partial charge on any atom is 0.320 e. The predicted octanol–water partition coefficient (Wildman–Crippen LogP) is 2.56. The van der Waals surface area contributed by atoms with Crippen LogP contribution in [0.1, 0.15) is 51.9 Å². The van der Waals surface area contributed by atoms with E-state index in [1.54, 1.807) is 6.92 Å². The Morgan fingerprint density at radius 3 is 2.38 bits per heavy atom. The highest BCUT2D eigenvalue weighted by molar-refractivity contribution is 5.77. The summed E-state index contributed by atoms with van der Waals surface area (Å²) < 4.78 is 0. The Bertz CT molecular complexity index is 429. The minimum Gasteiger partial charge on any atom is -0.481 e. The molecule has 5 nitrogen and oxygen atoms in total. The highest BCUT2D eigenvalue weighted by Crippen LogP contribution is 2.38. The number of fused-ring (bicyclic) bond motifs is 1. The summed E-state index contributed by atoms with van der Waals surface area (Å²) in [5.41, 5.74) is -0.658. The summed E-state index contributed by atoms with van der Waals surface area (Å²) in [7, 11) is 0. The first kappa shape index (κ1) is 14.7. The molecule has 0 aromatic carbocycles. The highest BCUT2D eigenvalue weighted by atomic mass is 16.4. The van der Waals surface area contributed by atoms with Crippen LogP contribution in [0, 0.1) is 11.3 Å². The van der Waals surface area contributed by atoms with Crippen LogP contribution in [0.3, 0.4) is 0 Å². The van der Waals surface area contributed by atoms with E-state index >= 15 is 0 Å². The molecule has 2 unspecified atom stereocenters. The Balaban J connectivity index is 1.62. The summed E-state index contributed by atoms with van der Waals surface area (Å²) >= 11 is 0. The fourth-order valence-corrected chi connectivity index (χ4v) is 4.28. The summed E-state index contributed by atoms with van der Waals surface area (Å²) in [6.45, 7) is 3.84. The third kappa shape index (κ3) is 2.62. The second-order valence-electron chi connectivity index (χ2n) is 7.23. The van der Waals surface area contributed by atoms with E-state index < -0.39 is 11.4 Å². The third-order valence-electron chi connectivity index (χ3n) is 5.89. The molecular weight excluding hydrogens is 268 g/mol. The summed E-state index contributed by atoms with van der Waals surface area (Å²) in [6.07, 6.45) is 7.18. The van der Waals surface area contributed by atoms with Gasteiger partial charge in [0.1, 0.15) is 0 Å². The van der Waals surface area contributed by atoms with Gasteiger partial charge in [0.25, 0.3) is 0 Å². The van der Waals surface area contributed by atoms with Gasteiger partial charge in [-0.25, -0.2) is 4.79 Å². The molecule has 3 rings (SSSR count). The number of aliphatic carboxylic acids is 1. The average molecular weight is 294 g/mol. The molecule has 1 N–H and O–H groups in total. The van der Waals surface area contributed by atoms with Crippen molar-refractivity contribution in [1.29, 1.82) is 0 Å². The van der Waals surface area contributed by atoms with Crippen LogP contribution in [0.5, 0.6) is 0 Å². The number of rotatable bonds is 1. The lowest BCUT2D eigenvalue weighted by atomic mass is 9.80. The lowest BCUT2D eigenvalue weighted by Crippen LogP contribution is -2.55. The standard InChI is InChI=1S/C16H26N2O3/c1-16(14(19)20)7-10-17(11-8-16)15(21)18-9-3-5-12-4-2-6-13(12)18/h12-13H,2-11H2,1H3,(H,19,20). The van der Waals surface area contributed by atoms with Crippen molar-refractivity contribution in [1.82, 2.24) is 9.80 Å². The van der Waals surface area contributed by atoms with Gasteiger partial charge in [-0.3, -0.25) is 4.79 Å². The van der Waals surface area contributed by atoms with Gasteiger partial charge < -0.3 is 14.9 Å². The molecule has 2 atom stereocenters. The number of carboxylic acids is 1. The monoisotopic (exact) mass is 294 g/mol. The SMILES string of the molecule is CC1(C(=O)O)CCN(C(=O)N2CCCC3CCCC32)CC1. The van der Waals surface area contributed by atoms with Gasteiger partial charge in [-0.05, 0) is 51.4 Å². The van der Waals surface area contributed by atoms with Gasteiger partial charge in [0.15, 0.2) is 0 Å². The Labute approximate surface area is 126 Å². The first-order valence-corrected chi connectivity index (χ1v) is 8.30. The summed E-state index contributed by atoms with van der Waals surface area (Å²) in [5, 5.41) is 9.28. The number of hydrogen-bond acceptors (Lipinski definition) is 2. The van der Waals surface area contributed by atoms with Gasteiger partial charge in [0, 0.05) is 25.7 Å². The van der Waals surface area contributed by atoms with E-state index in [1.807, 2.05) is 4.90 Å². The minimum atomic E-state index is -0.733. The fourth-order valence-electron chi connectivity index (χ4n) is 4.28. The topological polar surface area (TPSA) is 60.9 Å². The number of carbonyl (C=O) groups excluding carboxylic acids is 1. The van der Waals surface area contributed by atoms with Crippen LogP contribution < -0.4 is 0 Å². The highest BCUT2D eigenvalue weighted by Gasteiger charge is 2.42. The summed E-state index contributed by atoms with van der Waals surface area (Å²) in [4.78, 5) is 28.0. The molecule has 1 aliphatic carbocycles. The number of amides is 2. The molecule has 0 radical (unpaired) electrons. The largest absolute Gasteiger partial charge is 0.481 e. The van der Waals surface area contributed by atoms with Crippen molar-refractivity contribution in [3.05, 3.63) is 0 Å². The molecule has 0 bridgehead atoms. The Morgan fingerprint density at radius 2 is 1.71 bits per heavy atom. The molecule has 2 amide bonds. The van der Waals surface area contributed by atoms with E-state index in [1.165, 1.54) is 19.3 Å². The molecular formula is C16H26N2O3. The van der Waals surface area contributed by atoms with E-state index in [0.29, 0.717) is 37.9 Å². The van der Waals surface area contributed by atoms with Crippen molar-refractivity contribution in [2.24, 2.45) is 11.3 Å². The van der Waals surface area contributed by atoms with Crippen LogP contribution in [0.2, 0.25) is 0 Å². The molecule has 118 valence electrons. The normalized spacial score (nSPS) is 31.9. The van der Waals surface area contributed by atoms with Crippen LogP contribution in [-0.4, -0.2) is 52.6 Å². The quantitative estimate of drug-likeness (QED) is 0.808. The molecule has 2 heterocycles. The van der Waals surface area contributed by atoms with Gasteiger partial charge in [0.2, 0.25) is 0 Å². The van der Waals surface area contributed by atoms with Crippen molar-refractivity contribution in [2.75, 3.05) is 19.6 Å². The summed E-state index contributed by atoms with van der Waals surface area (Å²) in [5.74, 6) is -0.0276. The summed E-state index contributed by atoms with van der Waals surface area (Å²) in [6, 6.07) is 0.595. The minimum absolute atomic E-state index is 0.152. The number of piperidine rings is 2. The second kappa shape index (κ2) is 5.50. The van der Waals surface area contributed by atoms with Crippen molar-refractivity contribution < 1.29 is 14.7 Å². The Morgan fingerprint density at radius 1 is 1.05 bits per heavy atom. The molecule has 0 spiro atoms. The molecule has 2 saturated heterocycles. The van der Waals surface area contributed by atoms with Crippen molar-refractivity contribution in [3.8, 4) is 0 Å². The van der Waals surface area contributed by atoms with Gasteiger partial charge in [-0.15, -0.1) is 0 Å². The lowest BCUT2D eigenvalue weighted by molar-refractivity contribution is -0.150. The Hall–Kier alpha value is -1.26. The molecule has 0 aromatic rings. The van der Waals surface area contributed by atoms with Crippen LogP contribution in [0.15, 0.2) is 0 Å². The lowest BCUT2D eigenvalue weighted by Gasteiger charge is -2.43. The van der Waals surface area contributed by atoms with Gasteiger partial charge in [-0.1, -0.05) is 6.42 Å². The number of carboxylic acid groups (broad SMARTS) is 1. The second-order valence-corrected chi connectivity index (χ2v) is 7.23. The van der Waals surface area contributed by atoms with Crippen molar-refractivity contribution in [3.63, 3.8) is 0 Å². The molecule has 1 saturated carbocycles. The van der Waals surface area contributed by atoms with Crippen LogP contribution in [0.25, 0.3) is 0 Å². The first-order valence-electron chi connectivity index (χ1n) is 8.30. The zero-order valence-corrected chi connectivity index (χ0v) is 12.9. The van der Waals surface area contributed by atoms with E-state index in [2.05, 4.69) is 4.90 Å². The van der Waals surface area contributed by atoms with E-state index in [0.717, 1.165) is 19.4 Å². The molecule has 3 fully saturated rings. The van der Waals surface area contributed by atoms with Crippen LogP contribution in [-0.2, 0) is 4.79 Å². The van der Waals surface area contributed by atoms with Crippen LogP contribution >= 0.6 is 0 Å². The molecule has 21 heavy (non-hydrogen) atoms. The van der Waals surface area contributed by atoms with E-state index in [-0.39, 0.29) is 6.03 Å². The molecule has 0 aromatic heterocycles. The first-order chi connectivity index (χ1) is 10.0. The van der Waals surface area contributed by atoms with E-state index in [4.69, 9.17) is 0 Å². The van der Waals surface area contributed by atoms with Gasteiger partial charge >= 0.3 is 12.0 Å². The average Bonchev–Trinajstić information content (AvgIpc) is 2.95. The Kier molecular flexibility index (Phi) is 3.84. The number of likely N-dealkylation sites (tertiary alicyclic amines) is 2. The molecule has 5 heteroatoms. The third-order valence-corrected chi connectivity index (χ3v) is 5.89. The number of urea groups is 1. The number of carbonyl (C=O) groups is 2. The number of hydrogen-bond donors (Lipinski definition) is 1. The predicted molar refractivity (Wildman–Crippen MR) is 79.0 cm³/mol. The van der Waals surface area contributed by atoms with E-state index in [9.17, 15) is 14.7 Å². The maximum absolute atomic E-state index is 12.8. The maximum atomic E-state index is 12.8. The fraction of sp³-hybridized carbons (Fsp3) is 0.875. The zero-order valence-electron chi connectivity index (χ0n) is 12.9. The smallest absolute Gasteiger partial charge is 0.320 e. The zero-order chi connectivity index (χ0) is 15.0. The van der Waals surface area contributed by atoms with Gasteiger partial charge in [0.05, 0.1) is 5.41 Å². The number of nitrogens with zero attached hydrogens (tertiary/aromatic N) is 2. The molecule has 3 aliphatic rings. The van der Waals surface area contributed by atoms with Crippen molar-refractivity contribution >= 4 is 12.0 Å². The van der Waals surface area contributed by atoms with Crippen molar-refractivity contribution in [2.45, 2.75) is 57.9 Å². The van der Waals surface area contributed by atoms with Gasteiger partial charge in [-0.2, -0.15) is 0 Å². The molecule has 2 aliphatic heterocycles. The van der Waals surface area contributed by atoms with Crippen LogP contribution in [0.4, 0.5) is 4.79 Å².